The van der Waals surface area contributed by atoms with E-state index in [-0.39, 0.29) is 6.42 Å². The average molecular weight is 402 g/mol. The van der Waals surface area contributed by atoms with Crippen molar-refractivity contribution in [1.82, 2.24) is 0 Å². The van der Waals surface area contributed by atoms with Crippen LogP contribution < -0.4 is 5.46 Å². The van der Waals surface area contributed by atoms with E-state index in [1.165, 1.54) is 0 Å². The SMILES string of the molecule is C=Ic1ccc(B2OC(C)(C)C(C)(C)O2)cc1CC(=O)O. The Balaban J connectivity index is 2.34. The monoisotopic (exact) mass is 402 g/mol. The second-order valence-electron chi connectivity index (χ2n) is 6.14. The molecule has 0 aromatic heterocycles. The zero-order valence-corrected chi connectivity index (χ0v) is 14.9. The summed E-state index contributed by atoms with van der Waals surface area (Å²) in [7, 11) is -0.459. The molecule has 1 aromatic rings. The van der Waals surface area contributed by atoms with Gasteiger partial charge in [-0.05, 0) is 44.8 Å². The predicted octanol–water partition coefficient (Wildman–Crippen LogP) is 2.19. The van der Waals surface area contributed by atoms with Crippen molar-refractivity contribution in [3.63, 3.8) is 0 Å². The van der Waals surface area contributed by atoms with Crippen molar-refractivity contribution in [2.45, 2.75) is 45.3 Å². The molecule has 1 aromatic carbocycles. The number of carboxylic acids is 1. The van der Waals surface area contributed by atoms with Gasteiger partial charge in [0.25, 0.3) is 0 Å². The summed E-state index contributed by atoms with van der Waals surface area (Å²) in [5.41, 5.74) is 0.883. The molecule has 1 aliphatic rings. The maximum absolute atomic E-state index is 11.0. The molecule has 4 nitrogen and oxygen atoms in total. The zero-order valence-electron chi connectivity index (χ0n) is 12.8. The lowest BCUT2D eigenvalue weighted by Gasteiger charge is -2.32. The molecule has 1 heterocycles. The number of aliphatic carboxylic acids is 1. The molecule has 1 aliphatic heterocycles. The number of halogens is 1. The second kappa shape index (κ2) is 5.81. The average Bonchev–Trinajstić information content (AvgIpc) is 2.57. The van der Waals surface area contributed by atoms with Crippen molar-refractivity contribution in [2.24, 2.45) is 0 Å². The van der Waals surface area contributed by atoms with Crippen LogP contribution in [0.2, 0.25) is 0 Å². The molecule has 0 unspecified atom stereocenters. The summed E-state index contributed by atoms with van der Waals surface area (Å²) in [5.74, 6) is -0.834. The lowest BCUT2D eigenvalue weighted by atomic mass is 9.78. The minimum absolute atomic E-state index is 0.0118. The third-order valence-corrected chi connectivity index (χ3v) is 5.96. The highest BCUT2D eigenvalue weighted by Crippen LogP contribution is 2.36. The fourth-order valence-electron chi connectivity index (χ4n) is 2.15. The van der Waals surface area contributed by atoms with Crippen LogP contribution in [0.3, 0.4) is 0 Å². The van der Waals surface area contributed by atoms with E-state index in [0.29, 0.717) is 0 Å². The lowest BCUT2D eigenvalue weighted by Crippen LogP contribution is -2.41. The molecular weight excluding hydrogens is 382 g/mol. The first-order chi connectivity index (χ1) is 9.66. The number of hydrogen-bond acceptors (Lipinski definition) is 3. The summed E-state index contributed by atoms with van der Waals surface area (Å²) in [5, 5.41) is 9.04. The van der Waals surface area contributed by atoms with Crippen molar-refractivity contribution in [2.75, 3.05) is 0 Å². The molecule has 0 spiro atoms. The Morgan fingerprint density at radius 1 is 1.29 bits per heavy atom. The van der Waals surface area contributed by atoms with Crippen LogP contribution in [0.4, 0.5) is 0 Å². The fourth-order valence-corrected chi connectivity index (χ4v) is 3.42. The van der Waals surface area contributed by atoms with Crippen LogP contribution in [0.15, 0.2) is 18.2 Å². The predicted molar refractivity (Wildman–Crippen MR) is 93.3 cm³/mol. The molecule has 0 bridgehead atoms. The highest BCUT2D eigenvalue weighted by atomic mass is 127. The summed E-state index contributed by atoms with van der Waals surface area (Å²) in [4.78, 5) is 11.0. The van der Waals surface area contributed by atoms with Crippen LogP contribution in [0.25, 0.3) is 0 Å². The Hall–Kier alpha value is -0.725. The van der Waals surface area contributed by atoms with E-state index in [2.05, 4.69) is 4.51 Å². The quantitative estimate of drug-likeness (QED) is 0.620. The second-order valence-corrected chi connectivity index (χ2v) is 8.07. The van der Waals surface area contributed by atoms with Crippen molar-refractivity contribution < 1.29 is 19.2 Å². The molecular formula is C15H20BIO4. The summed E-state index contributed by atoms with van der Waals surface area (Å²) in [6, 6.07) is 5.79. The van der Waals surface area contributed by atoms with Gasteiger partial charge in [0.1, 0.15) is 0 Å². The van der Waals surface area contributed by atoms with Crippen LogP contribution in [0.5, 0.6) is 0 Å². The first kappa shape index (κ1) is 16.6. The normalized spacial score (nSPS) is 19.7. The first-order valence-electron chi connectivity index (χ1n) is 6.75. The van der Waals surface area contributed by atoms with Gasteiger partial charge in [-0.15, -0.1) is 0 Å². The Labute approximate surface area is 135 Å². The van der Waals surface area contributed by atoms with Crippen LogP contribution in [0, 0.1) is 3.57 Å². The minimum atomic E-state index is -0.834. The molecule has 114 valence electrons. The summed E-state index contributed by atoms with van der Waals surface area (Å²) < 4.78 is 17.0. The Kier molecular flexibility index (Phi) is 4.61. The van der Waals surface area contributed by atoms with Gasteiger partial charge in [0, 0.05) is 3.57 Å². The van der Waals surface area contributed by atoms with Gasteiger partial charge in [-0.2, -0.15) is 0 Å². The van der Waals surface area contributed by atoms with Crippen LogP contribution in [-0.4, -0.2) is 33.9 Å². The maximum atomic E-state index is 11.0. The van der Waals surface area contributed by atoms with Crippen LogP contribution in [0.1, 0.15) is 33.3 Å². The summed E-state index contributed by atoms with van der Waals surface area (Å²) in [6.45, 7) is 8.00. The van der Waals surface area contributed by atoms with E-state index in [1.54, 1.807) is 0 Å². The largest absolute Gasteiger partial charge is 0.494 e. The number of rotatable bonds is 4. The molecule has 1 saturated heterocycles. The molecule has 1 N–H and O–H groups in total. The molecule has 1 fully saturated rings. The van der Waals surface area contributed by atoms with E-state index in [9.17, 15) is 4.79 Å². The molecule has 6 heteroatoms. The smallest absolute Gasteiger partial charge is 0.481 e. The van der Waals surface area contributed by atoms with E-state index in [4.69, 9.17) is 14.4 Å². The molecule has 0 radical (unpaired) electrons. The van der Waals surface area contributed by atoms with E-state index in [0.717, 1.165) is 14.6 Å². The van der Waals surface area contributed by atoms with Gasteiger partial charge < -0.3 is 14.4 Å². The van der Waals surface area contributed by atoms with Gasteiger partial charge in [-0.3, -0.25) is 4.79 Å². The van der Waals surface area contributed by atoms with Gasteiger partial charge in [-0.1, -0.05) is 37.4 Å². The zero-order chi connectivity index (χ0) is 15.8. The number of carbonyl (C=O) groups is 1. The van der Waals surface area contributed by atoms with Gasteiger partial charge in [0.15, 0.2) is 0 Å². The van der Waals surface area contributed by atoms with E-state index < -0.39 is 45.0 Å². The molecule has 0 saturated carbocycles. The Morgan fingerprint density at radius 2 is 1.86 bits per heavy atom. The third-order valence-electron chi connectivity index (χ3n) is 4.08. The maximum Gasteiger partial charge on any atom is 0.494 e. The van der Waals surface area contributed by atoms with Crippen molar-refractivity contribution in [3.8, 4) is 0 Å². The Bertz CT molecular complexity index is 567. The van der Waals surface area contributed by atoms with E-state index in [1.807, 2.05) is 45.9 Å². The van der Waals surface area contributed by atoms with Crippen molar-refractivity contribution in [3.05, 3.63) is 27.3 Å². The highest BCUT2D eigenvalue weighted by Gasteiger charge is 2.51. The number of benzene rings is 1. The van der Waals surface area contributed by atoms with Crippen molar-refractivity contribution in [1.29, 1.82) is 0 Å². The van der Waals surface area contributed by atoms with E-state index >= 15 is 0 Å². The number of carboxylic acid groups (broad SMARTS) is 1. The topological polar surface area (TPSA) is 55.8 Å². The fraction of sp³-hybridized carbons (Fsp3) is 0.467. The lowest BCUT2D eigenvalue weighted by molar-refractivity contribution is -0.136. The molecule has 0 atom stereocenters. The van der Waals surface area contributed by atoms with Gasteiger partial charge in [0.05, 0.1) is 17.6 Å². The van der Waals surface area contributed by atoms with Gasteiger partial charge in [0.2, 0.25) is 0 Å². The minimum Gasteiger partial charge on any atom is -0.481 e. The first-order valence-corrected chi connectivity index (χ1v) is 9.35. The standard InChI is InChI=1S/C15H20BIO4/c1-14(2)15(3,4)21-16(20-14)11-6-7-12(17-5)10(8-11)9-13(18)19/h6-8H,5,9H2,1-4H3,(H,18,19). The molecule has 0 aliphatic carbocycles. The van der Waals surface area contributed by atoms with Crippen LogP contribution >= 0.6 is 20.7 Å². The third kappa shape index (κ3) is 3.38. The van der Waals surface area contributed by atoms with Gasteiger partial charge >= 0.3 is 13.1 Å². The van der Waals surface area contributed by atoms with Crippen molar-refractivity contribution >= 4 is 43.8 Å². The molecule has 0 amide bonds. The number of hydrogen-bond donors (Lipinski definition) is 1. The van der Waals surface area contributed by atoms with Crippen LogP contribution in [-0.2, 0) is 20.5 Å². The summed E-state index contributed by atoms with van der Waals surface area (Å²) >= 11 is -0.404. The molecule has 21 heavy (non-hydrogen) atoms. The highest BCUT2D eigenvalue weighted by molar-refractivity contribution is 14.2. The Morgan fingerprint density at radius 3 is 2.33 bits per heavy atom. The molecule has 2 rings (SSSR count). The van der Waals surface area contributed by atoms with Gasteiger partial charge in [-0.25, -0.2) is 0 Å². The summed E-state index contributed by atoms with van der Waals surface area (Å²) in [6.07, 6.45) is 0.0118.